The molecule has 0 unspecified atom stereocenters. The van der Waals surface area contributed by atoms with Gasteiger partial charge in [0.1, 0.15) is 5.82 Å². The standard InChI is InChI=1S/C12H10Cl2FN3O/c1-5-6(2)17-18-11(5)16-12(19)7-3-10(15)9(14)4-8(7)13/h3-4H,1-2H3,(H2,16,17,18,19). The van der Waals surface area contributed by atoms with Crippen LogP contribution in [0.15, 0.2) is 12.1 Å². The number of benzene rings is 1. The lowest BCUT2D eigenvalue weighted by atomic mass is 10.2. The number of carbonyl (C=O) groups excluding carboxylic acids is 1. The Morgan fingerprint density at radius 1 is 1.32 bits per heavy atom. The van der Waals surface area contributed by atoms with Crippen molar-refractivity contribution >= 4 is 34.9 Å². The van der Waals surface area contributed by atoms with Gasteiger partial charge in [0.05, 0.1) is 15.6 Å². The minimum Gasteiger partial charge on any atom is -0.305 e. The normalized spacial score (nSPS) is 10.6. The summed E-state index contributed by atoms with van der Waals surface area (Å²) in [5, 5.41) is 9.17. The van der Waals surface area contributed by atoms with E-state index in [2.05, 4.69) is 15.5 Å². The molecule has 2 rings (SSSR count). The van der Waals surface area contributed by atoms with E-state index < -0.39 is 11.7 Å². The number of hydrogen-bond acceptors (Lipinski definition) is 2. The van der Waals surface area contributed by atoms with Crippen molar-refractivity contribution in [3.05, 3.63) is 44.8 Å². The first-order valence-corrected chi connectivity index (χ1v) is 6.13. The van der Waals surface area contributed by atoms with Crippen LogP contribution < -0.4 is 5.32 Å². The fourth-order valence-electron chi connectivity index (χ4n) is 1.48. The number of anilines is 1. The number of amides is 1. The Balaban J connectivity index is 2.30. The van der Waals surface area contributed by atoms with E-state index in [1.807, 2.05) is 6.92 Å². The van der Waals surface area contributed by atoms with E-state index in [9.17, 15) is 9.18 Å². The summed E-state index contributed by atoms with van der Waals surface area (Å²) >= 11 is 11.4. The Hall–Kier alpha value is -1.59. The molecule has 19 heavy (non-hydrogen) atoms. The first kappa shape index (κ1) is 13.8. The van der Waals surface area contributed by atoms with Crippen molar-refractivity contribution in [2.45, 2.75) is 13.8 Å². The number of H-pyrrole nitrogens is 1. The van der Waals surface area contributed by atoms with E-state index >= 15 is 0 Å². The zero-order valence-electron chi connectivity index (χ0n) is 10.1. The van der Waals surface area contributed by atoms with Gasteiger partial charge in [-0.15, -0.1) is 0 Å². The molecule has 2 N–H and O–H groups in total. The molecule has 1 heterocycles. The van der Waals surface area contributed by atoms with Crippen LogP contribution in [-0.2, 0) is 0 Å². The lowest BCUT2D eigenvalue weighted by molar-refractivity contribution is 0.102. The summed E-state index contributed by atoms with van der Waals surface area (Å²) in [5.41, 5.74) is 1.64. The van der Waals surface area contributed by atoms with E-state index in [-0.39, 0.29) is 15.6 Å². The maximum Gasteiger partial charge on any atom is 0.258 e. The highest BCUT2D eigenvalue weighted by Gasteiger charge is 2.16. The minimum absolute atomic E-state index is 0.00335. The van der Waals surface area contributed by atoms with Gasteiger partial charge in [0.25, 0.3) is 5.91 Å². The molecule has 1 amide bonds. The summed E-state index contributed by atoms with van der Waals surface area (Å²) < 4.78 is 13.3. The lowest BCUT2D eigenvalue weighted by Gasteiger charge is -2.06. The highest BCUT2D eigenvalue weighted by Crippen LogP contribution is 2.25. The van der Waals surface area contributed by atoms with Crippen molar-refractivity contribution in [2.24, 2.45) is 0 Å². The summed E-state index contributed by atoms with van der Waals surface area (Å²) in [7, 11) is 0. The molecule has 0 aliphatic rings. The topological polar surface area (TPSA) is 57.8 Å². The first-order chi connectivity index (χ1) is 8.90. The first-order valence-electron chi connectivity index (χ1n) is 5.37. The molecule has 0 atom stereocenters. The monoisotopic (exact) mass is 301 g/mol. The Bertz CT molecular complexity index is 655. The molecule has 4 nitrogen and oxygen atoms in total. The molecule has 0 saturated heterocycles. The van der Waals surface area contributed by atoms with Crippen LogP contribution in [0.1, 0.15) is 21.6 Å². The second-order valence-electron chi connectivity index (χ2n) is 4.02. The van der Waals surface area contributed by atoms with Crippen molar-refractivity contribution in [1.29, 1.82) is 0 Å². The van der Waals surface area contributed by atoms with Crippen molar-refractivity contribution in [2.75, 3.05) is 5.32 Å². The van der Waals surface area contributed by atoms with Crippen molar-refractivity contribution in [3.63, 3.8) is 0 Å². The molecule has 0 fully saturated rings. The molecule has 7 heteroatoms. The fraction of sp³-hybridized carbons (Fsp3) is 0.167. The Morgan fingerprint density at radius 2 is 2.00 bits per heavy atom. The predicted octanol–water partition coefficient (Wildman–Crippen LogP) is 3.72. The molecule has 1 aromatic heterocycles. The number of aryl methyl sites for hydroxylation is 1. The van der Waals surface area contributed by atoms with Crippen LogP contribution in [0.25, 0.3) is 0 Å². The molecule has 0 aliphatic carbocycles. The molecular weight excluding hydrogens is 292 g/mol. The molecule has 0 aliphatic heterocycles. The number of rotatable bonds is 2. The Labute approximate surface area is 118 Å². The molecule has 100 valence electrons. The van der Waals surface area contributed by atoms with Crippen LogP contribution in [0.5, 0.6) is 0 Å². The predicted molar refractivity (Wildman–Crippen MR) is 72.4 cm³/mol. The van der Waals surface area contributed by atoms with E-state index in [4.69, 9.17) is 23.2 Å². The fourth-order valence-corrected chi connectivity index (χ4v) is 1.95. The van der Waals surface area contributed by atoms with Crippen molar-refractivity contribution < 1.29 is 9.18 Å². The van der Waals surface area contributed by atoms with Gasteiger partial charge in [-0.05, 0) is 26.0 Å². The van der Waals surface area contributed by atoms with Gasteiger partial charge in [-0.2, -0.15) is 5.10 Å². The maximum absolute atomic E-state index is 13.3. The number of nitrogens with zero attached hydrogens (tertiary/aromatic N) is 1. The second kappa shape index (κ2) is 5.19. The van der Waals surface area contributed by atoms with Gasteiger partial charge in [0, 0.05) is 11.3 Å². The number of nitrogens with one attached hydrogen (secondary N) is 2. The van der Waals surface area contributed by atoms with E-state index in [0.29, 0.717) is 5.82 Å². The lowest BCUT2D eigenvalue weighted by Crippen LogP contribution is -2.14. The van der Waals surface area contributed by atoms with Gasteiger partial charge in [-0.25, -0.2) is 4.39 Å². The summed E-state index contributed by atoms with van der Waals surface area (Å²) in [6.07, 6.45) is 0. The molecule has 0 saturated carbocycles. The van der Waals surface area contributed by atoms with Gasteiger partial charge in [-0.1, -0.05) is 23.2 Å². The third-order valence-corrected chi connectivity index (χ3v) is 3.34. The average molecular weight is 302 g/mol. The number of hydrogen-bond donors (Lipinski definition) is 2. The van der Waals surface area contributed by atoms with Crippen LogP contribution in [0.4, 0.5) is 10.2 Å². The van der Waals surface area contributed by atoms with Crippen LogP contribution in [0.2, 0.25) is 10.0 Å². The van der Waals surface area contributed by atoms with Gasteiger partial charge in [0.2, 0.25) is 0 Å². The quantitative estimate of drug-likeness (QED) is 0.831. The number of halogens is 3. The average Bonchev–Trinajstić information content (AvgIpc) is 2.65. The number of aromatic nitrogens is 2. The summed E-state index contributed by atoms with van der Waals surface area (Å²) in [5.74, 6) is -0.866. The molecule has 0 bridgehead atoms. The van der Waals surface area contributed by atoms with Gasteiger partial charge >= 0.3 is 0 Å². The zero-order chi connectivity index (χ0) is 14.2. The molecule has 2 aromatic rings. The smallest absolute Gasteiger partial charge is 0.258 e. The zero-order valence-corrected chi connectivity index (χ0v) is 11.7. The molecular formula is C12H10Cl2FN3O. The largest absolute Gasteiger partial charge is 0.305 e. The highest BCUT2D eigenvalue weighted by molar-refractivity contribution is 6.37. The van der Waals surface area contributed by atoms with Gasteiger partial charge < -0.3 is 5.32 Å². The van der Waals surface area contributed by atoms with E-state index in [1.54, 1.807) is 6.92 Å². The van der Waals surface area contributed by atoms with E-state index in [0.717, 1.165) is 17.3 Å². The number of aromatic amines is 1. The summed E-state index contributed by atoms with van der Waals surface area (Å²) in [4.78, 5) is 12.0. The Morgan fingerprint density at radius 3 is 2.58 bits per heavy atom. The number of carbonyl (C=O) groups is 1. The van der Waals surface area contributed by atoms with Crippen molar-refractivity contribution in [1.82, 2.24) is 10.2 Å². The summed E-state index contributed by atoms with van der Waals surface area (Å²) in [6.45, 7) is 3.63. The highest BCUT2D eigenvalue weighted by atomic mass is 35.5. The van der Waals surface area contributed by atoms with Crippen LogP contribution >= 0.6 is 23.2 Å². The third kappa shape index (κ3) is 2.72. The van der Waals surface area contributed by atoms with Crippen LogP contribution in [0, 0.1) is 19.7 Å². The third-order valence-electron chi connectivity index (χ3n) is 2.74. The SMILES string of the molecule is Cc1[nH]nc(NC(=O)c2cc(F)c(Cl)cc2Cl)c1C. The van der Waals surface area contributed by atoms with E-state index in [1.165, 1.54) is 6.07 Å². The van der Waals surface area contributed by atoms with Crippen LogP contribution in [-0.4, -0.2) is 16.1 Å². The Kier molecular flexibility index (Phi) is 3.78. The molecule has 0 radical (unpaired) electrons. The second-order valence-corrected chi connectivity index (χ2v) is 4.84. The minimum atomic E-state index is -0.703. The summed E-state index contributed by atoms with van der Waals surface area (Å²) in [6, 6.07) is 2.19. The van der Waals surface area contributed by atoms with Gasteiger partial charge in [0.15, 0.2) is 5.82 Å². The molecule has 0 spiro atoms. The van der Waals surface area contributed by atoms with Crippen LogP contribution in [0.3, 0.4) is 0 Å². The van der Waals surface area contributed by atoms with Crippen molar-refractivity contribution in [3.8, 4) is 0 Å². The molecule has 1 aromatic carbocycles. The van der Waals surface area contributed by atoms with Gasteiger partial charge in [-0.3, -0.25) is 9.89 Å². The maximum atomic E-state index is 13.3.